The molecular formula is C24H17N3O6S. The van der Waals surface area contributed by atoms with E-state index in [9.17, 15) is 23.1 Å². The van der Waals surface area contributed by atoms with Gasteiger partial charge in [0.2, 0.25) is 0 Å². The first kappa shape index (κ1) is 22.6. The summed E-state index contributed by atoms with van der Waals surface area (Å²) in [5.41, 5.74) is 0.305. The second-order valence-corrected chi connectivity index (χ2v) is 9.02. The number of benzene rings is 3. The third kappa shape index (κ3) is 4.07. The lowest BCUT2D eigenvalue weighted by Gasteiger charge is -2.11. The average molecular weight is 475 g/mol. The van der Waals surface area contributed by atoms with Crippen LogP contribution in [0.2, 0.25) is 0 Å². The Morgan fingerprint density at radius 3 is 2.56 bits per heavy atom. The van der Waals surface area contributed by atoms with Crippen molar-refractivity contribution in [3.8, 4) is 11.8 Å². The molecule has 9 nitrogen and oxygen atoms in total. The smallest absolute Gasteiger partial charge is 0.337 e. The second kappa shape index (κ2) is 8.73. The topological polar surface area (TPSA) is 138 Å². The van der Waals surface area contributed by atoms with E-state index in [0.29, 0.717) is 16.7 Å². The fourth-order valence-corrected chi connectivity index (χ4v) is 4.84. The van der Waals surface area contributed by atoms with Crippen LogP contribution in [-0.2, 0) is 10.0 Å². The molecule has 0 saturated heterocycles. The summed E-state index contributed by atoms with van der Waals surface area (Å²) >= 11 is 0. The Kier molecular flexibility index (Phi) is 5.79. The number of anilines is 1. The number of carbonyl (C=O) groups is 2. The number of ether oxygens (including phenoxy) is 1. The van der Waals surface area contributed by atoms with Crippen LogP contribution in [0.25, 0.3) is 10.9 Å². The van der Waals surface area contributed by atoms with Crippen molar-refractivity contribution in [3.63, 3.8) is 0 Å². The van der Waals surface area contributed by atoms with Crippen molar-refractivity contribution >= 4 is 38.5 Å². The number of hydrogen-bond donors (Lipinski definition) is 2. The molecule has 170 valence electrons. The van der Waals surface area contributed by atoms with Gasteiger partial charge in [-0.1, -0.05) is 6.07 Å². The first-order valence-electron chi connectivity index (χ1n) is 9.84. The Bertz CT molecular complexity index is 1600. The van der Waals surface area contributed by atoms with Crippen LogP contribution >= 0.6 is 0 Å². The molecule has 0 aliphatic rings. The Balaban J connectivity index is 1.68. The molecule has 0 spiro atoms. The van der Waals surface area contributed by atoms with Crippen LogP contribution in [0.3, 0.4) is 0 Å². The van der Waals surface area contributed by atoms with Gasteiger partial charge < -0.3 is 15.2 Å². The van der Waals surface area contributed by atoms with Crippen LogP contribution in [0.5, 0.6) is 5.75 Å². The largest absolute Gasteiger partial charge is 0.497 e. The molecular weight excluding hydrogens is 458 g/mol. The molecule has 0 bridgehead atoms. The molecule has 0 saturated carbocycles. The highest BCUT2D eigenvalue weighted by atomic mass is 32.2. The van der Waals surface area contributed by atoms with Crippen LogP contribution < -0.4 is 10.1 Å². The van der Waals surface area contributed by atoms with Gasteiger partial charge in [0.1, 0.15) is 5.75 Å². The first-order valence-corrected chi connectivity index (χ1v) is 11.3. The summed E-state index contributed by atoms with van der Waals surface area (Å²) in [4.78, 5) is 24.2. The van der Waals surface area contributed by atoms with Gasteiger partial charge in [-0.2, -0.15) is 5.26 Å². The van der Waals surface area contributed by atoms with Gasteiger partial charge in [0.05, 0.1) is 40.4 Å². The van der Waals surface area contributed by atoms with Crippen LogP contribution in [0.1, 0.15) is 26.3 Å². The molecule has 0 atom stereocenters. The fraction of sp³-hybridized carbons (Fsp3) is 0.0417. The number of aromatic nitrogens is 1. The number of hydrogen-bond acceptors (Lipinski definition) is 6. The lowest BCUT2D eigenvalue weighted by Crippen LogP contribution is -2.17. The maximum Gasteiger partial charge on any atom is 0.337 e. The fourth-order valence-electron chi connectivity index (χ4n) is 3.44. The molecule has 2 N–H and O–H groups in total. The lowest BCUT2D eigenvalue weighted by molar-refractivity contribution is 0.0698. The number of nitriles is 1. The number of carboxylic acid groups (broad SMARTS) is 1. The van der Waals surface area contributed by atoms with Gasteiger partial charge in [-0.15, -0.1) is 0 Å². The Morgan fingerprint density at radius 2 is 1.85 bits per heavy atom. The van der Waals surface area contributed by atoms with Crippen molar-refractivity contribution in [2.75, 3.05) is 12.4 Å². The minimum absolute atomic E-state index is 0.0138. The molecule has 0 aliphatic carbocycles. The van der Waals surface area contributed by atoms with Crippen molar-refractivity contribution < 1.29 is 27.9 Å². The highest BCUT2D eigenvalue weighted by Crippen LogP contribution is 2.26. The molecule has 1 heterocycles. The summed E-state index contributed by atoms with van der Waals surface area (Å²) < 4.78 is 32.9. The first-order chi connectivity index (χ1) is 16.2. The predicted molar refractivity (Wildman–Crippen MR) is 124 cm³/mol. The van der Waals surface area contributed by atoms with E-state index in [1.165, 1.54) is 49.7 Å². The van der Waals surface area contributed by atoms with Crippen LogP contribution in [0, 0.1) is 11.3 Å². The summed E-state index contributed by atoms with van der Waals surface area (Å²) in [5.74, 6) is -1.43. The van der Waals surface area contributed by atoms with Crippen LogP contribution in [0.15, 0.2) is 77.8 Å². The lowest BCUT2D eigenvalue weighted by atomic mass is 10.1. The maximum atomic E-state index is 13.3. The predicted octanol–water partition coefficient (Wildman–Crippen LogP) is 3.71. The second-order valence-electron chi connectivity index (χ2n) is 7.20. The van der Waals surface area contributed by atoms with E-state index < -0.39 is 21.9 Å². The number of carboxylic acids is 1. The molecule has 4 rings (SSSR count). The summed E-state index contributed by atoms with van der Waals surface area (Å²) in [7, 11) is -2.52. The van der Waals surface area contributed by atoms with E-state index >= 15 is 0 Å². The van der Waals surface area contributed by atoms with Crippen LogP contribution in [-0.4, -0.2) is 36.5 Å². The van der Waals surface area contributed by atoms with E-state index in [0.717, 1.165) is 10.0 Å². The van der Waals surface area contributed by atoms with Gasteiger partial charge in [-0.25, -0.2) is 17.2 Å². The highest BCUT2D eigenvalue weighted by Gasteiger charge is 2.21. The van der Waals surface area contributed by atoms with Crippen molar-refractivity contribution in [1.29, 1.82) is 5.26 Å². The number of rotatable bonds is 6. The Morgan fingerprint density at radius 1 is 1.06 bits per heavy atom. The number of nitrogens with one attached hydrogen (secondary N) is 1. The zero-order valence-corrected chi connectivity index (χ0v) is 18.5. The van der Waals surface area contributed by atoms with E-state index in [4.69, 9.17) is 10.00 Å². The van der Waals surface area contributed by atoms with Gasteiger partial charge in [0.15, 0.2) is 0 Å². The molecule has 0 fully saturated rings. The zero-order chi connectivity index (χ0) is 24.5. The minimum Gasteiger partial charge on any atom is -0.497 e. The number of nitrogens with zero attached hydrogens (tertiary/aromatic N) is 2. The maximum absolute atomic E-state index is 13.3. The Hall–Kier alpha value is -4.62. The molecule has 1 aromatic heterocycles. The number of carbonyl (C=O) groups excluding carboxylic acids is 1. The van der Waals surface area contributed by atoms with Crippen LogP contribution in [0.4, 0.5) is 5.69 Å². The SMILES string of the molecule is COc1ccc2c(ccn2S(=O)(=O)c2cccc(C(=O)Nc3ccc(C#N)cc3C(=O)O)c2)c1. The molecule has 0 aliphatic heterocycles. The summed E-state index contributed by atoms with van der Waals surface area (Å²) in [6, 6.07) is 17.7. The summed E-state index contributed by atoms with van der Waals surface area (Å²) in [6.45, 7) is 0. The van der Waals surface area contributed by atoms with Gasteiger partial charge in [-0.3, -0.25) is 4.79 Å². The number of fused-ring (bicyclic) bond motifs is 1. The van der Waals surface area contributed by atoms with Gasteiger partial charge >= 0.3 is 5.97 Å². The molecule has 10 heteroatoms. The molecule has 0 unspecified atom stereocenters. The monoisotopic (exact) mass is 475 g/mol. The average Bonchev–Trinajstić information content (AvgIpc) is 3.28. The molecule has 34 heavy (non-hydrogen) atoms. The molecule has 3 aromatic carbocycles. The number of aromatic carboxylic acids is 1. The van der Waals surface area contributed by atoms with Crippen molar-refractivity contribution in [2.24, 2.45) is 0 Å². The third-order valence-electron chi connectivity index (χ3n) is 5.14. The van der Waals surface area contributed by atoms with Crippen molar-refractivity contribution in [2.45, 2.75) is 4.90 Å². The molecule has 0 radical (unpaired) electrons. The van der Waals surface area contributed by atoms with Gasteiger partial charge in [0.25, 0.3) is 15.9 Å². The van der Waals surface area contributed by atoms with E-state index in [1.54, 1.807) is 24.3 Å². The minimum atomic E-state index is -4.04. The molecule has 4 aromatic rings. The number of amides is 1. The van der Waals surface area contributed by atoms with E-state index in [-0.39, 0.29) is 27.3 Å². The van der Waals surface area contributed by atoms with Crippen molar-refractivity contribution in [3.05, 3.63) is 89.6 Å². The van der Waals surface area contributed by atoms with Crippen molar-refractivity contribution in [1.82, 2.24) is 3.97 Å². The van der Waals surface area contributed by atoms with Gasteiger partial charge in [-0.05, 0) is 60.7 Å². The quantitative estimate of drug-likeness (QED) is 0.433. The van der Waals surface area contributed by atoms with E-state index in [2.05, 4.69) is 5.32 Å². The molecule has 1 amide bonds. The zero-order valence-electron chi connectivity index (χ0n) is 17.7. The highest BCUT2D eigenvalue weighted by molar-refractivity contribution is 7.90. The normalized spacial score (nSPS) is 11.1. The van der Waals surface area contributed by atoms with Gasteiger partial charge in [0, 0.05) is 17.1 Å². The Labute approximate surface area is 194 Å². The third-order valence-corrected chi connectivity index (χ3v) is 6.83. The van der Waals surface area contributed by atoms with E-state index in [1.807, 2.05) is 6.07 Å². The summed E-state index contributed by atoms with van der Waals surface area (Å²) in [5, 5.41) is 21.5. The standard InChI is InChI=1S/C24H17N3O6S/c1-33-18-6-8-22-16(12-18)9-10-27(22)34(31,32)19-4-2-3-17(13-19)23(28)26-21-7-5-15(14-25)11-20(21)24(29)30/h2-13H,1H3,(H,26,28)(H,29,30). The number of methoxy groups -OCH3 is 1. The summed E-state index contributed by atoms with van der Waals surface area (Å²) in [6.07, 6.45) is 1.42.